The summed E-state index contributed by atoms with van der Waals surface area (Å²) in [7, 11) is -2.91. The van der Waals surface area contributed by atoms with Crippen LogP contribution in [-0.2, 0) is 16.3 Å². The molecule has 0 bridgehead atoms. The molecular weight excluding hydrogens is 531 g/mol. The van der Waals surface area contributed by atoms with Crippen LogP contribution >= 0.6 is 0 Å². The van der Waals surface area contributed by atoms with E-state index in [9.17, 15) is 17.4 Å². The van der Waals surface area contributed by atoms with Gasteiger partial charge in [-0.15, -0.1) is 13.2 Å². The lowest BCUT2D eigenvalue weighted by molar-refractivity contribution is -0.274. The van der Waals surface area contributed by atoms with Crippen molar-refractivity contribution >= 4 is 27.2 Å². The Kier molecular flexibility index (Phi) is 8.24. The first-order chi connectivity index (χ1) is 18.5. The van der Waals surface area contributed by atoms with Gasteiger partial charge in [0.1, 0.15) is 17.3 Å². The average molecular weight is 558 g/mol. The Bertz CT molecular complexity index is 1550. The fourth-order valence-electron chi connectivity index (χ4n) is 3.67. The van der Waals surface area contributed by atoms with Gasteiger partial charge in [0.15, 0.2) is 0 Å². The Hall–Kier alpha value is -4.32. The van der Waals surface area contributed by atoms with Crippen LogP contribution < -0.4 is 20.1 Å². The molecule has 3 aromatic carbocycles. The molecule has 0 saturated heterocycles. The molecule has 0 aliphatic rings. The van der Waals surface area contributed by atoms with E-state index in [0.717, 1.165) is 5.56 Å². The molecule has 4 aromatic rings. The van der Waals surface area contributed by atoms with Crippen molar-refractivity contribution in [2.24, 2.45) is 0 Å². The highest BCUT2D eigenvalue weighted by Crippen LogP contribution is 2.30. The van der Waals surface area contributed by atoms with E-state index in [1.807, 2.05) is 31.2 Å². The van der Waals surface area contributed by atoms with Crippen LogP contribution in [0.2, 0.25) is 0 Å². The van der Waals surface area contributed by atoms with Crippen molar-refractivity contribution in [1.29, 1.82) is 4.78 Å². The van der Waals surface area contributed by atoms with Crippen LogP contribution in [-0.4, -0.2) is 33.4 Å². The molecule has 1 heterocycles. The second-order valence-corrected chi connectivity index (χ2v) is 10.6. The fraction of sp³-hybridized carbons (Fsp3) is 0.185. The summed E-state index contributed by atoms with van der Waals surface area (Å²) in [6, 6.07) is 19.6. The number of ether oxygens (including phenoxy) is 2. The van der Waals surface area contributed by atoms with Gasteiger partial charge >= 0.3 is 6.36 Å². The summed E-state index contributed by atoms with van der Waals surface area (Å²) in [6.45, 7) is 2.58. The Morgan fingerprint density at radius 1 is 1.00 bits per heavy atom. The molecule has 1 unspecified atom stereocenters. The van der Waals surface area contributed by atoms with Crippen LogP contribution in [0, 0.1) is 4.78 Å². The van der Waals surface area contributed by atoms with E-state index in [4.69, 9.17) is 9.52 Å². The van der Waals surface area contributed by atoms with Gasteiger partial charge in [0, 0.05) is 35.1 Å². The fourth-order valence-corrected chi connectivity index (χ4v) is 4.36. The summed E-state index contributed by atoms with van der Waals surface area (Å²) >= 11 is 0. The monoisotopic (exact) mass is 557 g/mol. The molecular formula is C27H26F3N5O3S. The topological polar surface area (TPSA) is 109 Å². The van der Waals surface area contributed by atoms with Gasteiger partial charge in [-0.25, -0.2) is 14.0 Å². The lowest BCUT2D eigenvalue weighted by Gasteiger charge is -2.15. The molecule has 39 heavy (non-hydrogen) atoms. The maximum absolute atomic E-state index is 12.7. The zero-order valence-corrected chi connectivity index (χ0v) is 21.9. The number of aromatic nitrogens is 2. The maximum Gasteiger partial charge on any atom is 0.573 e. The molecule has 12 heteroatoms. The zero-order chi connectivity index (χ0) is 28.0. The average Bonchev–Trinajstić information content (AvgIpc) is 2.87. The van der Waals surface area contributed by atoms with E-state index in [1.165, 1.54) is 24.5 Å². The number of halogens is 3. The molecule has 1 atom stereocenters. The van der Waals surface area contributed by atoms with Crippen molar-refractivity contribution in [1.82, 2.24) is 9.97 Å². The minimum absolute atomic E-state index is 0.155. The number of nitrogens with zero attached hydrogens (tertiary/aromatic N) is 2. The Morgan fingerprint density at radius 2 is 1.74 bits per heavy atom. The largest absolute Gasteiger partial charge is 0.573 e. The van der Waals surface area contributed by atoms with E-state index in [2.05, 4.69) is 25.3 Å². The molecule has 0 radical (unpaired) electrons. The molecule has 204 valence electrons. The van der Waals surface area contributed by atoms with Crippen LogP contribution in [0.25, 0.3) is 11.1 Å². The van der Waals surface area contributed by atoms with Gasteiger partial charge in [0.2, 0.25) is 5.95 Å². The Balaban J connectivity index is 1.64. The second kappa shape index (κ2) is 11.6. The maximum atomic E-state index is 12.7. The van der Waals surface area contributed by atoms with Crippen molar-refractivity contribution in [2.75, 3.05) is 23.5 Å². The number of anilines is 3. The first-order valence-corrected chi connectivity index (χ1v) is 13.8. The predicted molar refractivity (Wildman–Crippen MR) is 144 cm³/mol. The third-order valence-corrected chi connectivity index (χ3v) is 6.55. The first kappa shape index (κ1) is 27.7. The summed E-state index contributed by atoms with van der Waals surface area (Å²) in [5, 5.41) is 6.24. The quantitative estimate of drug-likeness (QED) is 0.196. The van der Waals surface area contributed by atoms with Crippen molar-refractivity contribution in [3.8, 4) is 22.6 Å². The summed E-state index contributed by atoms with van der Waals surface area (Å²) in [6.07, 6.45) is -1.83. The summed E-state index contributed by atoms with van der Waals surface area (Å²) < 4.78 is 67.5. The van der Waals surface area contributed by atoms with Gasteiger partial charge in [-0.3, -0.25) is 0 Å². The van der Waals surface area contributed by atoms with Crippen molar-refractivity contribution in [2.45, 2.75) is 24.7 Å². The lowest BCUT2D eigenvalue weighted by Crippen LogP contribution is -2.17. The molecule has 0 aliphatic carbocycles. The number of nitrogens with one attached hydrogen (secondary N) is 3. The molecule has 0 saturated carbocycles. The third-order valence-electron chi connectivity index (χ3n) is 5.40. The van der Waals surface area contributed by atoms with Crippen molar-refractivity contribution in [3.63, 3.8) is 0 Å². The van der Waals surface area contributed by atoms with E-state index in [-0.39, 0.29) is 18.2 Å². The minimum atomic E-state index is -4.79. The van der Waals surface area contributed by atoms with E-state index >= 15 is 0 Å². The lowest BCUT2D eigenvalue weighted by atomic mass is 10.1. The Morgan fingerprint density at radius 3 is 2.44 bits per heavy atom. The SMILES string of the molecule is CCOc1ccc(-c2cnc(Nc3cccc(S(C)(=N)=O)c3)nc2NCc2cccc(OC(F)(F)F)c2)cc1. The van der Waals surface area contributed by atoms with Gasteiger partial charge in [0.05, 0.1) is 16.3 Å². The number of rotatable bonds is 10. The van der Waals surface area contributed by atoms with E-state index in [1.54, 1.807) is 36.5 Å². The van der Waals surface area contributed by atoms with Crippen LogP contribution in [0.3, 0.4) is 0 Å². The number of hydrogen-bond acceptors (Lipinski definition) is 8. The highest BCUT2D eigenvalue weighted by molar-refractivity contribution is 7.91. The van der Waals surface area contributed by atoms with Gasteiger partial charge in [0.25, 0.3) is 0 Å². The molecule has 0 aliphatic heterocycles. The number of hydrogen-bond donors (Lipinski definition) is 3. The van der Waals surface area contributed by atoms with Gasteiger partial charge in [-0.05, 0) is 60.5 Å². The molecule has 0 amide bonds. The third kappa shape index (κ3) is 7.84. The van der Waals surface area contributed by atoms with Crippen LogP contribution in [0.15, 0.2) is 83.9 Å². The summed E-state index contributed by atoms with van der Waals surface area (Å²) in [5.41, 5.74) is 2.54. The second-order valence-electron chi connectivity index (χ2n) is 8.46. The van der Waals surface area contributed by atoms with Gasteiger partial charge < -0.3 is 20.1 Å². The summed E-state index contributed by atoms with van der Waals surface area (Å²) in [5.74, 6) is 1.04. The molecule has 8 nitrogen and oxygen atoms in total. The highest BCUT2D eigenvalue weighted by Gasteiger charge is 2.31. The number of alkyl halides is 3. The predicted octanol–water partition coefficient (Wildman–Crippen LogP) is 6.83. The minimum Gasteiger partial charge on any atom is -0.494 e. The van der Waals surface area contributed by atoms with Crippen LogP contribution in [0.5, 0.6) is 11.5 Å². The normalized spacial score (nSPS) is 12.8. The highest BCUT2D eigenvalue weighted by atomic mass is 32.2. The smallest absolute Gasteiger partial charge is 0.494 e. The number of benzene rings is 3. The van der Waals surface area contributed by atoms with Crippen molar-refractivity contribution in [3.05, 3.63) is 84.6 Å². The van der Waals surface area contributed by atoms with Crippen LogP contribution in [0.1, 0.15) is 12.5 Å². The Labute approximate surface area is 224 Å². The molecule has 0 spiro atoms. The first-order valence-electron chi connectivity index (χ1n) is 11.8. The molecule has 3 N–H and O–H groups in total. The van der Waals surface area contributed by atoms with Crippen molar-refractivity contribution < 1.29 is 26.9 Å². The molecule has 1 aromatic heterocycles. The zero-order valence-electron chi connectivity index (χ0n) is 21.1. The van der Waals surface area contributed by atoms with Gasteiger partial charge in [-0.1, -0.05) is 30.3 Å². The molecule has 0 fully saturated rings. The van der Waals surface area contributed by atoms with E-state index < -0.39 is 16.1 Å². The van der Waals surface area contributed by atoms with Crippen LogP contribution in [0.4, 0.5) is 30.6 Å². The van der Waals surface area contributed by atoms with E-state index in [0.29, 0.717) is 39.9 Å². The molecule has 4 rings (SSSR count). The summed E-state index contributed by atoms with van der Waals surface area (Å²) in [4.78, 5) is 9.37. The van der Waals surface area contributed by atoms with Gasteiger partial charge in [-0.2, -0.15) is 4.98 Å². The standard InChI is InChI=1S/C27H26F3N5O3S/c1-3-37-21-12-10-19(11-13-21)24-17-33-26(34-20-7-5-9-23(15-20)39(2,31)36)35-25(24)32-16-18-6-4-8-22(14-18)38-27(28,29)30/h4-15,17,31H,3,16H2,1-2H3,(H2,32,33,34,35).